The molecule has 2 nitrogen and oxygen atoms in total. The molecule has 20 heavy (non-hydrogen) atoms. The Kier molecular flexibility index (Phi) is 3.86. The lowest BCUT2D eigenvalue weighted by atomic mass is 10.0. The van der Waals surface area contributed by atoms with Crippen molar-refractivity contribution in [3.63, 3.8) is 0 Å². The van der Waals surface area contributed by atoms with Crippen LogP contribution in [0.2, 0.25) is 5.02 Å². The summed E-state index contributed by atoms with van der Waals surface area (Å²) < 4.78 is 0. The van der Waals surface area contributed by atoms with Crippen molar-refractivity contribution in [2.45, 2.75) is 17.4 Å². The molecule has 0 fully saturated rings. The van der Waals surface area contributed by atoms with Gasteiger partial charge in [-0.2, -0.15) is 5.26 Å². The number of anilines is 1. The lowest BCUT2D eigenvalue weighted by Crippen LogP contribution is -2.16. The quantitative estimate of drug-likeness (QED) is 0.860. The molecule has 1 heterocycles. The molecule has 0 bridgehead atoms. The van der Waals surface area contributed by atoms with Crippen LogP contribution in [0.3, 0.4) is 0 Å². The molecule has 2 aromatic carbocycles. The maximum absolute atomic E-state index is 9.20. The summed E-state index contributed by atoms with van der Waals surface area (Å²) in [6.45, 7) is 0. The molecular weight excluding hydrogens is 288 g/mol. The van der Waals surface area contributed by atoms with E-state index in [1.807, 2.05) is 17.8 Å². The summed E-state index contributed by atoms with van der Waals surface area (Å²) in [4.78, 5) is 1.32. The second-order valence-corrected chi connectivity index (χ2v) is 6.25. The number of thioether (sulfide) groups is 1. The molecule has 0 spiro atoms. The van der Waals surface area contributed by atoms with Gasteiger partial charge in [-0.3, -0.25) is 0 Å². The molecule has 1 aliphatic heterocycles. The molecule has 0 radical (unpaired) electrons. The molecule has 4 heteroatoms. The first-order valence-electron chi connectivity index (χ1n) is 6.46. The van der Waals surface area contributed by atoms with Crippen molar-refractivity contribution in [3.8, 4) is 6.07 Å². The normalized spacial score (nSPS) is 17.1. The van der Waals surface area contributed by atoms with Crippen LogP contribution in [-0.4, -0.2) is 5.75 Å². The Morgan fingerprint density at radius 2 is 2.10 bits per heavy atom. The van der Waals surface area contributed by atoms with Gasteiger partial charge in [0.2, 0.25) is 0 Å². The fourth-order valence-electron chi connectivity index (χ4n) is 2.41. The zero-order valence-corrected chi connectivity index (χ0v) is 12.3. The smallest absolute Gasteiger partial charge is 0.101 e. The highest BCUT2D eigenvalue weighted by Crippen LogP contribution is 2.38. The molecule has 1 atom stereocenters. The summed E-state index contributed by atoms with van der Waals surface area (Å²) in [6.07, 6.45) is 1.04. The van der Waals surface area contributed by atoms with Gasteiger partial charge in [0.05, 0.1) is 17.3 Å². The highest BCUT2D eigenvalue weighted by molar-refractivity contribution is 7.99. The van der Waals surface area contributed by atoms with E-state index in [1.165, 1.54) is 10.5 Å². The predicted molar refractivity (Wildman–Crippen MR) is 84.3 cm³/mol. The number of halogens is 1. The minimum atomic E-state index is 0.234. The first-order valence-corrected chi connectivity index (χ1v) is 7.82. The number of benzene rings is 2. The molecule has 0 aromatic heterocycles. The fraction of sp³-hybridized carbons (Fsp3) is 0.188. The van der Waals surface area contributed by atoms with Gasteiger partial charge in [-0.05, 0) is 36.2 Å². The van der Waals surface area contributed by atoms with Crippen LogP contribution in [0.25, 0.3) is 0 Å². The predicted octanol–water partition coefficient (Wildman–Crippen LogP) is 4.86. The third-order valence-electron chi connectivity index (χ3n) is 3.39. The molecular formula is C16H13ClN2S. The summed E-state index contributed by atoms with van der Waals surface area (Å²) in [6, 6.07) is 16.2. The number of nitrogens with one attached hydrogen (secondary N) is 1. The number of fused-ring (bicyclic) bond motifs is 1. The fourth-order valence-corrected chi connectivity index (χ4v) is 3.71. The number of hydrogen-bond donors (Lipinski definition) is 1. The van der Waals surface area contributed by atoms with E-state index in [0.29, 0.717) is 10.6 Å². The maximum atomic E-state index is 9.20. The SMILES string of the molecule is N#Cc1ccc(Cl)cc1NC1CCSc2ccccc21. The van der Waals surface area contributed by atoms with E-state index in [1.54, 1.807) is 12.1 Å². The summed E-state index contributed by atoms with van der Waals surface area (Å²) in [5, 5.41) is 13.3. The molecule has 2 aromatic rings. The van der Waals surface area contributed by atoms with E-state index in [0.717, 1.165) is 17.9 Å². The van der Waals surface area contributed by atoms with Gasteiger partial charge in [-0.15, -0.1) is 11.8 Å². The van der Waals surface area contributed by atoms with Gasteiger partial charge in [0.1, 0.15) is 6.07 Å². The molecule has 0 aliphatic carbocycles. The molecule has 1 unspecified atom stereocenters. The first kappa shape index (κ1) is 13.4. The summed E-state index contributed by atoms with van der Waals surface area (Å²) in [7, 11) is 0. The lowest BCUT2D eigenvalue weighted by Gasteiger charge is -2.27. The van der Waals surface area contributed by atoms with Gasteiger partial charge in [-0.1, -0.05) is 29.8 Å². The zero-order chi connectivity index (χ0) is 13.9. The van der Waals surface area contributed by atoms with Crippen LogP contribution in [0.4, 0.5) is 5.69 Å². The molecule has 1 N–H and O–H groups in total. The molecule has 0 amide bonds. The zero-order valence-electron chi connectivity index (χ0n) is 10.8. The van der Waals surface area contributed by atoms with Crippen LogP contribution in [0.15, 0.2) is 47.4 Å². The van der Waals surface area contributed by atoms with Gasteiger partial charge >= 0.3 is 0 Å². The Morgan fingerprint density at radius 1 is 1.25 bits per heavy atom. The average molecular weight is 301 g/mol. The van der Waals surface area contributed by atoms with Gasteiger partial charge in [0, 0.05) is 15.7 Å². The second kappa shape index (κ2) is 5.78. The largest absolute Gasteiger partial charge is 0.377 e. The van der Waals surface area contributed by atoms with E-state index in [4.69, 9.17) is 11.6 Å². The van der Waals surface area contributed by atoms with Crippen molar-refractivity contribution < 1.29 is 0 Å². The molecule has 0 saturated carbocycles. The molecule has 0 saturated heterocycles. The number of rotatable bonds is 2. The van der Waals surface area contributed by atoms with Crippen molar-refractivity contribution in [2.24, 2.45) is 0 Å². The maximum Gasteiger partial charge on any atom is 0.101 e. The Balaban J connectivity index is 1.93. The average Bonchev–Trinajstić information content (AvgIpc) is 2.48. The topological polar surface area (TPSA) is 35.8 Å². The molecule has 3 rings (SSSR count). The number of nitriles is 1. The second-order valence-electron chi connectivity index (χ2n) is 4.67. The summed E-state index contributed by atoms with van der Waals surface area (Å²) >= 11 is 7.92. The Hall–Kier alpha value is -1.63. The number of nitrogens with zero attached hydrogens (tertiary/aromatic N) is 1. The first-order chi connectivity index (χ1) is 9.78. The van der Waals surface area contributed by atoms with Crippen LogP contribution < -0.4 is 5.32 Å². The van der Waals surface area contributed by atoms with E-state index in [2.05, 4.69) is 35.7 Å². The third kappa shape index (κ3) is 2.63. The van der Waals surface area contributed by atoms with E-state index in [-0.39, 0.29) is 6.04 Å². The van der Waals surface area contributed by atoms with Crippen LogP contribution in [0.1, 0.15) is 23.6 Å². The summed E-state index contributed by atoms with van der Waals surface area (Å²) in [5.74, 6) is 1.08. The monoisotopic (exact) mass is 300 g/mol. The van der Waals surface area contributed by atoms with E-state index < -0.39 is 0 Å². The van der Waals surface area contributed by atoms with Crippen molar-refractivity contribution in [3.05, 3.63) is 58.6 Å². The van der Waals surface area contributed by atoms with Crippen LogP contribution in [0, 0.1) is 11.3 Å². The lowest BCUT2D eigenvalue weighted by molar-refractivity contribution is 0.728. The van der Waals surface area contributed by atoms with Crippen molar-refractivity contribution in [1.82, 2.24) is 0 Å². The minimum absolute atomic E-state index is 0.234. The Bertz CT molecular complexity index is 678. The Labute approximate surface area is 127 Å². The van der Waals surface area contributed by atoms with Gasteiger partial charge in [0.15, 0.2) is 0 Å². The number of hydrogen-bond acceptors (Lipinski definition) is 3. The standard InChI is InChI=1S/C16H13ClN2S/c17-12-6-5-11(10-18)15(9-12)19-14-7-8-20-16-4-2-1-3-13(14)16/h1-6,9,14,19H,7-8H2. The highest BCUT2D eigenvalue weighted by atomic mass is 35.5. The third-order valence-corrected chi connectivity index (χ3v) is 4.75. The minimum Gasteiger partial charge on any atom is -0.377 e. The van der Waals surface area contributed by atoms with Crippen molar-refractivity contribution in [1.29, 1.82) is 5.26 Å². The highest BCUT2D eigenvalue weighted by Gasteiger charge is 2.20. The van der Waals surface area contributed by atoms with Gasteiger partial charge in [-0.25, -0.2) is 0 Å². The van der Waals surface area contributed by atoms with Gasteiger partial charge < -0.3 is 5.32 Å². The van der Waals surface area contributed by atoms with E-state index >= 15 is 0 Å². The van der Waals surface area contributed by atoms with E-state index in [9.17, 15) is 5.26 Å². The van der Waals surface area contributed by atoms with Gasteiger partial charge in [0.25, 0.3) is 0 Å². The van der Waals surface area contributed by atoms with Crippen molar-refractivity contribution >= 4 is 29.1 Å². The summed E-state index contributed by atoms with van der Waals surface area (Å²) in [5.41, 5.74) is 2.74. The van der Waals surface area contributed by atoms with Crippen LogP contribution in [-0.2, 0) is 0 Å². The van der Waals surface area contributed by atoms with Crippen molar-refractivity contribution in [2.75, 3.05) is 11.1 Å². The molecule has 100 valence electrons. The van der Waals surface area contributed by atoms with Crippen LogP contribution >= 0.6 is 23.4 Å². The van der Waals surface area contributed by atoms with Crippen LogP contribution in [0.5, 0.6) is 0 Å². The molecule has 1 aliphatic rings. The Morgan fingerprint density at radius 3 is 2.95 bits per heavy atom.